The Hall–Kier alpha value is -1.88. The minimum absolute atomic E-state index is 0.405. The average molecular weight is 345 g/mol. The van der Waals surface area contributed by atoms with Crippen molar-refractivity contribution in [3.8, 4) is 0 Å². The van der Waals surface area contributed by atoms with Gasteiger partial charge in [-0.05, 0) is 26.3 Å². The zero-order chi connectivity index (χ0) is 17.4. The second kappa shape index (κ2) is 9.42. The number of hydrogen-bond donors (Lipinski definition) is 2. The number of nitrogens with zero attached hydrogens (tertiary/aromatic N) is 2. The maximum absolute atomic E-state index is 4.73. The molecule has 130 valence electrons. The predicted octanol–water partition coefficient (Wildman–Crippen LogP) is 3.66. The van der Waals surface area contributed by atoms with Crippen molar-refractivity contribution in [2.24, 2.45) is 4.99 Å². The van der Waals surface area contributed by atoms with Gasteiger partial charge in [0.15, 0.2) is 5.96 Å². The normalized spacial score (nSPS) is 12.9. The summed E-state index contributed by atoms with van der Waals surface area (Å²) in [6, 6.07) is 8.67. The zero-order valence-electron chi connectivity index (χ0n) is 15.1. The summed E-state index contributed by atoms with van der Waals surface area (Å²) in [6.07, 6.45) is 2.86. The van der Waals surface area contributed by atoms with E-state index in [-0.39, 0.29) is 0 Å². The second-order valence-corrected chi connectivity index (χ2v) is 7.40. The first-order chi connectivity index (χ1) is 11.6. The summed E-state index contributed by atoms with van der Waals surface area (Å²) in [4.78, 5) is 10.4. The molecule has 2 rings (SSSR count). The third-order valence-corrected chi connectivity index (χ3v) is 4.75. The largest absolute Gasteiger partial charge is 0.357 e. The molecule has 2 aromatic rings. The first-order valence-corrected chi connectivity index (χ1v) is 9.40. The highest BCUT2D eigenvalue weighted by atomic mass is 32.1. The average Bonchev–Trinajstić information content (AvgIpc) is 2.97. The topological polar surface area (TPSA) is 49.3 Å². The molecule has 0 radical (unpaired) electrons. The van der Waals surface area contributed by atoms with Crippen LogP contribution in [0.15, 0.2) is 35.5 Å². The Morgan fingerprint density at radius 1 is 1.29 bits per heavy atom. The summed E-state index contributed by atoms with van der Waals surface area (Å²) in [6.45, 7) is 11.0. The third-order valence-electron chi connectivity index (χ3n) is 3.78. The van der Waals surface area contributed by atoms with Crippen molar-refractivity contribution < 1.29 is 0 Å². The van der Waals surface area contributed by atoms with E-state index in [2.05, 4.69) is 67.6 Å². The molecule has 0 bridgehead atoms. The van der Waals surface area contributed by atoms with Crippen LogP contribution in [0.1, 0.15) is 40.8 Å². The molecule has 2 N–H and O–H groups in total. The monoisotopic (exact) mass is 344 g/mol. The van der Waals surface area contributed by atoms with Crippen LogP contribution in [0.2, 0.25) is 0 Å². The zero-order valence-corrected chi connectivity index (χ0v) is 15.9. The van der Waals surface area contributed by atoms with E-state index in [1.54, 1.807) is 11.3 Å². The molecule has 4 nitrogen and oxygen atoms in total. The van der Waals surface area contributed by atoms with Crippen molar-refractivity contribution in [2.45, 2.75) is 40.0 Å². The smallest absolute Gasteiger partial charge is 0.191 e. The molecule has 0 spiro atoms. The van der Waals surface area contributed by atoms with Gasteiger partial charge < -0.3 is 10.6 Å². The maximum Gasteiger partial charge on any atom is 0.191 e. The minimum Gasteiger partial charge on any atom is -0.357 e. The van der Waals surface area contributed by atoms with Crippen LogP contribution in [-0.2, 0) is 6.42 Å². The van der Waals surface area contributed by atoms with Crippen molar-refractivity contribution >= 4 is 17.3 Å². The van der Waals surface area contributed by atoms with Gasteiger partial charge in [-0.3, -0.25) is 4.99 Å². The van der Waals surface area contributed by atoms with Crippen LogP contribution in [-0.4, -0.2) is 30.6 Å². The number of hydrogen-bond acceptors (Lipinski definition) is 3. The van der Waals surface area contributed by atoms with Gasteiger partial charge in [0.1, 0.15) is 0 Å². The minimum atomic E-state index is 0.405. The molecule has 0 fully saturated rings. The van der Waals surface area contributed by atoms with E-state index < -0.39 is 0 Å². The highest BCUT2D eigenvalue weighted by Gasteiger charge is 2.06. The number of nitrogens with one attached hydrogen (secondary N) is 2. The Morgan fingerprint density at radius 3 is 2.79 bits per heavy atom. The number of guanidine groups is 1. The molecule has 0 saturated carbocycles. The lowest BCUT2D eigenvalue weighted by Gasteiger charge is -2.14. The fourth-order valence-electron chi connectivity index (χ4n) is 2.46. The van der Waals surface area contributed by atoms with Gasteiger partial charge in [0.2, 0.25) is 0 Å². The number of aromatic nitrogens is 1. The van der Waals surface area contributed by atoms with Gasteiger partial charge in [-0.2, -0.15) is 0 Å². The highest BCUT2D eigenvalue weighted by molar-refractivity contribution is 7.11. The molecule has 0 aliphatic rings. The van der Waals surface area contributed by atoms with Crippen molar-refractivity contribution in [1.82, 2.24) is 15.6 Å². The summed E-state index contributed by atoms with van der Waals surface area (Å²) in [5.41, 5.74) is 2.64. The molecule has 0 aliphatic carbocycles. The molecule has 24 heavy (non-hydrogen) atoms. The fraction of sp³-hybridized carbons (Fsp3) is 0.474. The molecule has 0 saturated heterocycles. The molecular formula is C19H28N4S. The molecule has 1 heterocycles. The fourth-order valence-corrected chi connectivity index (χ4v) is 3.24. The summed E-state index contributed by atoms with van der Waals surface area (Å²) in [5.74, 6) is 1.28. The van der Waals surface area contributed by atoms with E-state index in [4.69, 9.17) is 4.99 Å². The van der Waals surface area contributed by atoms with Crippen molar-refractivity contribution in [3.05, 3.63) is 51.5 Å². The van der Waals surface area contributed by atoms with Gasteiger partial charge in [-0.15, -0.1) is 11.3 Å². The van der Waals surface area contributed by atoms with E-state index in [1.807, 2.05) is 6.20 Å². The van der Waals surface area contributed by atoms with Gasteiger partial charge in [-0.1, -0.05) is 36.8 Å². The maximum atomic E-state index is 4.73. The molecule has 1 unspecified atom stereocenters. The standard InChI is InChI=1S/C19H28N4S/c1-5-20-19(21-10-9-18-22-13-16(4)24-18)23-12-15(3)17-8-6-7-14(2)11-17/h6-8,11,13,15H,5,9-10,12H2,1-4H3,(H2,20,21,23). The molecule has 5 heteroatoms. The molecule has 1 aromatic heterocycles. The number of benzene rings is 1. The van der Waals surface area contributed by atoms with Crippen LogP contribution in [0.25, 0.3) is 0 Å². The Morgan fingerprint density at radius 2 is 2.12 bits per heavy atom. The van der Waals surface area contributed by atoms with Gasteiger partial charge in [0.05, 0.1) is 5.01 Å². The van der Waals surface area contributed by atoms with Gasteiger partial charge in [-0.25, -0.2) is 4.98 Å². The summed E-state index contributed by atoms with van der Waals surface area (Å²) < 4.78 is 0. The number of thiazole rings is 1. The second-order valence-electron chi connectivity index (χ2n) is 6.08. The highest BCUT2D eigenvalue weighted by Crippen LogP contribution is 2.16. The van der Waals surface area contributed by atoms with Crippen molar-refractivity contribution in [2.75, 3.05) is 19.6 Å². The Kier molecular flexibility index (Phi) is 7.25. The van der Waals surface area contributed by atoms with Gasteiger partial charge in [0.25, 0.3) is 0 Å². The number of aliphatic imine (C=N–C) groups is 1. The van der Waals surface area contributed by atoms with E-state index in [9.17, 15) is 0 Å². The van der Waals surface area contributed by atoms with E-state index >= 15 is 0 Å². The quantitative estimate of drug-likeness (QED) is 0.595. The molecule has 1 atom stereocenters. The predicted molar refractivity (Wildman–Crippen MR) is 104 cm³/mol. The van der Waals surface area contributed by atoms with Crippen LogP contribution < -0.4 is 10.6 Å². The first kappa shape index (κ1) is 18.5. The van der Waals surface area contributed by atoms with E-state index in [0.717, 1.165) is 32.0 Å². The van der Waals surface area contributed by atoms with Crippen LogP contribution in [0.3, 0.4) is 0 Å². The van der Waals surface area contributed by atoms with Crippen LogP contribution in [0.5, 0.6) is 0 Å². The summed E-state index contributed by atoms with van der Waals surface area (Å²) in [7, 11) is 0. The van der Waals surface area contributed by atoms with Crippen LogP contribution in [0.4, 0.5) is 0 Å². The van der Waals surface area contributed by atoms with Gasteiger partial charge in [0, 0.05) is 43.0 Å². The SMILES string of the molecule is CCNC(=NCC(C)c1cccc(C)c1)NCCc1ncc(C)s1. The molecular weight excluding hydrogens is 316 g/mol. The Bertz CT molecular complexity index is 663. The lowest BCUT2D eigenvalue weighted by molar-refractivity contribution is 0.744. The Labute approximate surface area is 149 Å². The van der Waals surface area contributed by atoms with E-state index in [0.29, 0.717) is 5.92 Å². The summed E-state index contributed by atoms with van der Waals surface area (Å²) in [5, 5.41) is 7.89. The van der Waals surface area contributed by atoms with Crippen LogP contribution >= 0.6 is 11.3 Å². The summed E-state index contributed by atoms with van der Waals surface area (Å²) >= 11 is 1.76. The lowest BCUT2D eigenvalue weighted by atomic mass is 10.00. The van der Waals surface area contributed by atoms with Crippen molar-refractivity contribution in [3.63, 3.8) is 0 Å². The first-order valence-electron chi connectivity index (χ1n) is 8.58. The Balaban J connectivity index is 1.87. The molecule has 1 aromatic carbocycles. The number of rotatable bonds is 7. The van der Waals surface area contributed by atoms with Crippen molar-refractivity contribution in [1.29, 1.82) is 0 Å². The number of aryl methyl sites for hydroxylation is 2. The molecule has 0 aliphatic heterocycles. The third kappa shape index (κ3) is 5.96. The van der Waals surface area contributed by atoms with E-state index in [1.165, 1.54) is 21.0 Å². The van der Waals surface area contributed by atoms with Crippen LogP contribution in [0, 0.1) is 13.8 Å². The lowest BCUT2D eigenvalue weighted by Crippen LogP contribution is -2.38. The van der Waals surface area contributed by atoms with Gasteiger partial charge >= 0.3 is 0 Å². The molecule has 0 amide bonds.